The van der Waals surface area contributed by atoms with Gasteiger partial charge in [0, 0.05) is 19.0 Å². The van der Waals surface area contributed by atoms with Crippen molar-refractivity contribution in [1.82, 2.24) is 10.2 Å². The second kappa shape index (κ2) is 7.13. The fraction of sp³-hybridized carbons (Fsp3) is 0.938. The summed E-state index contributed by atoms with van der Waals surface area (Å²) in [7, 11) is 0. The Morgan fingerprint density at radius 3 is 2.10 bits per heavy atom. The van der Waals surface area contributed by atoms with Crippen molar-refractivity contribution in [2.45, 2.75) is 45.4 Å². The minimum absolute atomic E-state index is 0. The molecule has 1 N–H and O–H groups in total. The zero-order valence-electron chi connectivity index (χ0n) is 12.6. The third-order valence-corrected chi connectivity index (χ3v) is 5.15. The molecule has 0 aromatic heterocycles. The Balaban J connectivity index is 0.00000147. The predicted octanol–water partition coefficient (Wildman–Crippen LogP) is 2.69. The van der Waals surface area contributed by atoms with Gasteiger partial charge in [-0.05, 0) is 69.4 Å². The van der Waals surface area contributed by atoms with Gasteiger partial charge in [0.25, 0.3) is 0 Å². The zero-order valence-corrected chi connectivity index (χ0v) is 13.5. The second-order valence-corrected chi connectivity index (χ2v) is 6.78. The lowest BCUT2D eigenvalue weighted by Crippen LogP contribution is -2.44. The molecular weight excluding hydrogens is 272 g/mol. The Labute approximate surface area is 129 Å². The van der Waals surface area contributed by atoms with E-state index in [2.05, 4.69) is 17.1 Å². The van der Waals surface area contributed by atoms with Crippen molar-refractivity contribution in [1.29, 1.82) is 0 Å². The zero-order chi connectivity index (χ0) is 13.2. The maximum absolute atomic E-state index is 12.7. The van der Waals surface area contributed by atoms with Gasteiger partial charge in [0.1, 0.15) is 0 Å². The van der Waals surface area contributed by atoms with Gasteiger partial charge in [-0.3, -0.25) is 4.79 Å². The van der Waals surface area contributed by atoms with Crippen LogP contribution in [0.4, 0.5) is 0 Å². The normalized spacial score (nSPS) is 23.8. The summed E-state index contributed by atoms with van der Waals surface area (Å²) in [6.45, 7) is 6.36. The van der Waals surface area contributed by atoms with Crippen molar-refractivity contribution >= 4 is 18.3 Å². The van der Waals surface area contributed by atoms with Gasteiger partial charge in [-0.15, -0.1) is 12.4 Å². The second-order valence-electron chi connectivity index (χ2n) is 6.78. The highest BCUT2D eigenvalue weighted by Crippen LogP contribution is 2.50. The molecule has 0 aromatic carbocycles. The predicted molar refractivity (Wildman–Crippen MR) is 84.0 cm³/mol. The maximum Gasteiger partial charge on any atom is 0.226 e. The molecule has 4 heteroatoms. The number of nitrogens with zero attached hydrogens (tertiary/aromatic N) is 1. The monoisotopic (exact) mass is 300 g/mol. The standard InChI is InChI=1S/C16H28N2O.ClH/c1-2-17-11-12-7-9-18(10-8-12)16(19)15(13-3-4-13)14-5-6-14;/h12-15,17H,2-11H2,1H3;1H. The van der Waals surface area contributed by atoms with Crippen LogP contribution in [0.25, 0.3) is 0 Å². The molecule has 1 amide bonds. The molecule has 20 heavy (non-hydrogen) atoms. The van der Waals surface area contributed by atoms with Gasteiger partial charge in [-0.1, -0.05) is 6.92 Å². The van der Waals surface area contributed by atoms with E-state index < -0.39 is 0 Å². The fourth-order valence-corrected chi connectivity index (χ4v) is 3.62. The van der Waals surface area contributed by atoms with E-state index in [0.29, 0.717) is 11.8 Å². The molecule has 0 bridgehead atoms. The number of halogens is 1. The molecule has 3 rings (SSSR count). The molecule has 3 nitrogen and oxygen atoms in total. The Morgan fingerprint density at radius 2 is 1.65 bits per heavy atom. The number of carbonyl (C=O) groups excluding carboxylic acids is 1. The van der Waals surface area contributed by atoms with Crippen molar-refractivity contribution < 1.29 is 4.79 Å². The summed E-state index contributed by atoms with van der Waals surface area (Å²) in [5, 5.41) is 3.44. The van der Waals surface area contributed by atoms with Crippen molar-refractivity contribution in [3.05, 3.63) is 0 Å². The van der Waals surface area contributed by atoms with E-state index in [4.69, 9.17) is 0 Å². The molecule has 0 unspecified atom stereocenters. The Morgan fingerprint density at radius 1 is 1.10 bits per heavy atom. The topological polar surface area (TPSA) is 32.3 Å². The lowest BCUT2D eigenvalue weighted by Gasteiger charge is -2.34. The molecular formula is C16H29ClN2O. The van der Waals surface area contributed by atoms with E-state index in [-0.39, 0.29) is 12.4 Å². The largest absolute Gasteiger partial charge is 0.342 e. The van der Waals surface area contributed by atoms with Gasteiger partial charge in [-0.2, -0.15) is 0 Å². The van der Waals surface area contributed by atoms with Crippen LogP contribution in [0.5, 0.6) is 0 Å². The van der Waals surface area contributed by atoms with Gasteiger partial charge in [0.05, 0.1) is 0 Å². The summed E-state index contributed by atoms with van der Waals surface area (Å²) in [6, 6.07) is 0. The first kappa shape index (κ1) is 16.1. The smallest absolute Gasteiger partial charge is 0.226 e. The number of nitrogens with one attached hydrogen (secondary N) is 1. The Hall–Kier alpha value is -0.280. The van der Waals surface area contributed by atoms with Crippen LogP contribution in [0.3, 0.4) is 0 Å². The molecule has 2 saturated carbocycles. The van der Waals surface area contributed by atoms with Crippen LogP contribution in [0, 0.1) is 23.7 Å². The average Bonchev–Trinajstić information content (AvgIpc) is 3.31. The van der Waals surface area contributed by atoms with Gasteiger partial charge >= 0.3 is 0 Å². The van der Waals surface area contributed by atoms with Crippen LogP contribution in [0.2, 0.25) is 0 Å². The van der Waals surface area contributed by atoms with Gasteiger partial charge < -0.3 is 10.2 Å². The van der Waals surface area contributed by atoms with E-state index >= 15 is 0 Å². The molecule has 3 fully saturated rings. The molecule has 1 saturated heterocycles. The number of rotatable bonds is 6. The van der Waals surface area contributed by atoms with Crippen LogP contribution >= 0.6 is 12.4 Å². The van der Waals surface area contributed by atoms with Crippen LogP contribution in [-0.4, -0.2) is 37.0 Å². The van der Waals surface area contributed by atoms with Crippen LogP contribution in [-0.2, 0) is 4.79 Å². The van der Waals surface area contributed by atoms with Crippen LogP contribution in [0.15, 0.2) is 0 Å². The average molecular weight is 301 g/mol. The SMILES string of the molecule is CCNCC1CCN(C(=O)C(C2CC2)C2CC2)CC1.Cl. The lowest BCUT2D eigenvalue weighted by atomic mass is 9.92. The molecule has 0 radical (unpaired) electrons. The quantitative estimate of drug-likeness (QED) is 0.818. The van der Waals surface area contributed by atoms with E-state index in [1.165, 1.54) is 38.5 Å². The van der Waals surface area contributed by atoms with Crippen molar-refractivity contribution in [2.24, 2.45) is 23.7 Å². The highest BCUT2D eigenvalue weighted by Gasteiger charge is 2.47. The summed E-state index contributed by atoms with van der Waals surface area (Å²) in [5.74, 6) is 3.19. The number of likely N-dealkylation sites (tertiary alicyclic amines) is 1. The van der Waals surface area contributed by atoms with E-state index in [1.54, 1.807) is 0 Å². The molecule has 116 valence electrons. The lowest BCUT2D eigenvalue weighted by molar-refractivity contribution is -0.138. The Bertz CT molecular complexity index is 308. The number of carbonyl (C=O) groups is 1. The number of hydrogen-bond donors (Lipinski definition) is 1. The maximum atomic E-state index is 12.7. The molecule has 2 aliphatic carbocycles. The highest BCUT2D eigenvalue weighted by atomic mass is 35.5. The summed E-state index contributed by atoms with van der Waals surface area (Å²) in [6.07, 6.45) is 7.63. The Kier molecular flexibility index (Phi) is 5.74. The summed E-state index contributed by atoms with van der Waals surface area (Å²) in [5.41, 5.74) is 0. The van der Waals surface area contributed by atoms with Gasteiger partial charge in [-0.25, -0.2) is 0 Å². The minimum atomic E-state index is 0. The summed E-state index contributed by atoms with van der Waals surface area (Å²) in [4.78, 5) is 14.9. The number of hydrogen-bond acceptors (Lipinski definition) is 2. The van der Waals surface area contributed by atoms with Crippen molar-refractivity contribution in [3.63, 3.8) is 0 Å². The van der Waals surface area contributed by atoms with E-state index in [1.807, 2.05) is 0 Å². The highest BCUT2D eigenvalue weighted by molar-refractivity contribution is 5.85. The third kappa shape index (κ3) is 3.88. The fourth-order valence-electron chi connectivity index (χ4n) is 3.62. The first-order chi connectivity index (χ1) is 9.29. The van der Waals surface area contributed by atoms with Crippen molar-refractivity contribution in [2.75, 3.05) is 26.2 Å². The molecule has 0 aromatic rings. The molecule has 0 atom stereocenters. The third-order valence-electron chi connectivity index (χ3n) is 5.15. The number of amides is 1. The van der Waals surface area contributed by atoms with E-state index in [9.17, 15) is 4.79 Å². The summed E-state index contributed by atoms with van der Waals surface area (Å²) >= 11 is 0. The van der Waals surface area contributed by atoms with Crippen molar-refractivity contribution in [3.8, 4) is 0 Å². The van der Waals surface area contributed by atoms with Crippen LogP contribution in [0.1, 0.15) is 45.4 Å². The number of piperidine rings is 1. The van der Waals surface area contributed by atoms with Gasteiger partial charge in [0.15, 0.2) is 0 Å². The molecule has 1 heterocycles. The molecule has 3 aliphatic rings. The first-order valence-corrected chi connectivity index (χ1v) is 8.29. The van der Waals surface area contributed by atoms with Crippen LogP contribution < -0.4 is 5.32 Å². The minimum Gasteiger partial charge on any atom is -0.342 e. The summed E-state index contributed by atoms with van der Waals surface area (Å²) < 4.78 is 0. The first-order valence-electron chi connectivity index (χ1n) is 8.29. The van der Waals surface area contributed by atoms with E-state index in [0.717, 1.165) is 43.9 Å². The molecule has 0 spiro atoms. The molecule has 1 aliphatic heterocycles. The van der Waals surface area contributed by atoms with Gasteiger partial charge in [0.2, 0.25) is 5.91 Å².